The van der Waals surface area contributed by atoms with Crippen LogP contribution in [0.5, 0.6) is 0 Å². The minimum atomic E-state index is -0.0954. The molecule has 0 aliphatic carbocycles. The third-order valence-electron chi connectivity index (χ3n) is 2.73. The van der Waals surface area contributed by atoms with Crippen molar-refractivity contribution >= 4 is 40.5 Å². The van der Waals surface area contributed by atoms with Crippen LogP contribution >= 0.6 is 23.2 Å². The van der Waals surface area contributed by atoms with E-state index >= 15 is 0 Å². The molecule has 2 rings (SSSR count). The third-order valence-corrected chi connectivity index (χ3v) is 3.28. The lowest BCUT2D eigenvalue weighted by molar-refractivity contribution is -0.114. The van der Waals surface area contributed by atoms with Gasteiger partial charge in [0, 0.05) is 24.2 Å². The molecular weight excluding hydrogens is 295 g/mol. The van der Waals surface area contributed by atoms with Gasteiger partial charge in [-0.2, -0.15) is 0 Å². The van der Waals surface area contributed by atoms with Gasteiger partial charge in [-0.3, -0.25) is 4.79 Å². The number of carbonyl (C=O) groups is 1. The zero-order chi connectivity index (χ0) is 14.5. The average molecular weight is 309 g/mol. The Bertz CT molecular complexity index is 629. The summed E-state index contributed by atoms with van der Waals surface area (Å²) in [5, 5.41) is 7.19. The van der Waals surface area contributed by atoms with E-state index in [2.05, 4.69) is 10.6 Å². The minimum absolute atomic E-state index is 0.0954. The van der Waals surface area contributed by atoms with Gasteiger partial charge in [0.15, 0.2) is 0 Å². The van der Waals surface area contributed by atoms with Gasteiger partial charge in [-0.25, -0.2) is 0 Å². The largest absolute Gasteiger partial charge is 0.380 e. The van der Waals surface area contributed by atoms with Gasteiger partial charge in [0.05, 0.1) is 10.7 Å². The lowest BCUT2D eigenvalue weighted by Gasteiger charge is -2.12. The Balaban J connectivity index is 2.12. The smallest absolute Gasteiger partial charge is 0.221 e. The number of carbonyl (C=O) groups excluding carboxylic acids is 1. The van der Waals surface area contributed by atoms with Crippen molar-refractivity contribution in [3.63, 3.8) is 0 Å². The lowest BCUT2D eigenvalue weighted by atomic mass is 10.1. The highest BCUT2D eigenvalue weighted by Gasteiger charge is 2.05. The monoisotopic (exact) mass is 308 g/mol. The Labute approximate surface area is 127 Å². The van der Waals surface area contributed by atoms with E-state index in [4.69, 9.17) is 23.2 Å². The first-order valence-corrected chi connectivity index (χ1v) is 6.86. The molecule has 0 unspecified atom stereocenters. The van der Waals surface area contributed by atoms with Crippen molar-refractivity contribution < 1.29 is 4.79 Å². The Kier molecular flexibility index (Phi) is 4.88. The number of hydrogen-bond donors (Lipinski definition) is 2. The standard InChI is InChI=1S/C15H14Cl2N2O/c1-10(20)19-14-5-3-2-4-11(14)9-18-15-7-6-12(16)8-13(15)17/h2-8,18H,9H2,1H3,(H,19,20). The number of rotatable bonds is 4. The fourth-order valence-electron chi connectivity index (χ4n) is 1.81. The molecule has 0 aliphatic heterocycles. The van der Waals surface area contributed by atoms with Crippen LogP contribution < -0.4 is 10.6 Å². The van der Waals surface area contributed by atoms with Crippen molar-refractivity contribution in [3.8, 4) is 0 Å². The summed E-state index contributed by atoms with van der Waals surface area (Å²) in [7, 11) is 0. The molecule has 0 aliphatic rings. The molecule has 0 heterocycles. The van der Waals surface area contributed by atoms with Gasteiger partial charge in [0.2, 0.25) is 5.91 Å². The molecule has 2 N–H and O–H groups in total. The quantitative estimate of drug-likeness (QED) is 0.869. The molecule has 2 aromatic carbocycles. The van der Waals surface area contributed by atoms with Crippen LogP contribution in [0.15, 0.2) is 42.5 Å². The molecule has 104 valence electrons. The highest BCUT2D eigenvalue weighted by atomic mass is 35.5. The molecule has 5 heteroatoms. The van der Waals surface area contributed by atoms with Gasteiger partial charge in [0.1, 0.15) is 0 Å². The maximum absolute atomic E-state index is 11.2. The molecular formula is C15H14Cl2N2O. The van der Waals surface area contributed by atoms with E-state index in [1.54, 1.807) is 12.1 Å². The highest BCUT2D eigenvalue weighted by Crippen LogP contribution is 2.26. The van der Waals surface area contributed by atoms with Crippen LogP contribution in [-0.2, 0) is 11.3 Å². The van der Waals surface area contributed by atoms with E-state index in [-0.39, 0.29) is 5.91 Å². The number of benzene rings is 2. The summed E-state index contributed by atoms with van der Waals surface area (Å²) in [4.78, 5) is 11.2. The average Bonchev–Trinajstić information content (AvgIpc) is 2.39. The van der Waals surface area contributed by atoms with Gasteiger partial charge >= 0.3 is 0 Å². The van der Waals surface area contributed by atoms with Gasteiger partial charge in [-0.15, -0.1) is 0 Å². The van der Waals surface area contributed by atoms with Crippen molar-refractivity contribution in [1.29, 1.82) is 0 Å². The van der Waals surface area contributed by atoms with Crippen molar-refractivity contribution in [1.82, 2.24) is 0 Å². The summed E-state index contributed by atoms with van der Waals surface area (Å²) in [5.74, 6) is -0.0954. The van der Waals surface area contributed by atoms with Crippen LogP contribution in [-0.4, -0.2) is 5.91 Å². The molecule has 0 saturated carbocycles. The molecule has 0 atom stereocenters. The molecule has 2 aromatic rings. The molecule has 0 radical (unpaired) electrons. The van der Waals surface area contributed by atoms with Gasteiger partial charge in [0.25, 0.3) is 0 Å². The number of hydrogen-bond acceptors (Lipinski definition) is 2. The zero-order valence-corrected chi connectivity index (χ0v) is 12.4. The topological polar surface area (TPSA) is 41.1 Å². The summed E-state index contributed by atoms with van der Waals surface area (Å²) in [6.07, 6.45) is 0. The summed E-state index contributed by atoms with van der Waals surface area (Å²) >= 11 is 12.0. The van der Waals surface area contributed by atoms with E-state index in [0.29, 0.717) is 16.6 Å². The first-order chi connectivity index (χ1) is 9.56. The first-order valence-electron chi connectivity index (χ1n) is 6.10. The predicted molar refractivity (Wildman–Crippen MR) is 84.5 cm³/mol. The highest BCUT2D eigenvalue weighted by molar-refractivity contribution is 6.36. The van der Waals surface area contributed by atoms with Crippen LogP contribution in [0.4, 0.5) is 11.4 Å². The second-order valence-corrected chi connectivity index (χ2v) is 5.16. The van der Waals surface area contributed by atoms with Crippen molar-refractivity contribution in [3.05, 3.63) is 58.1 Å². The molecule has 0 bridgehead atoms. The first kappa shape index (κ1) is 14.7. The molecule has 3 nitrogen and oxygen atoms in total. The normalized spacial score (nSPS) is 10.2. The van der Waals surface area contributed by atoms with E-state index < -0.39 is 0 Å². The second-order valence-electron chi connectivity index (χ2n) is 4.32. The van der Waals surface area contributed by atoms with Crippen LogP contribution in [0.1, 0.15) is 12.5 Å². The summed E-state index contributed by atoms with van der Waals surface area (Å²) in [5.41, 5.74) is 2.57. The van der Waals surface area contributed by atoms with E-state index in [9.17, 15) is 4.79 Å². The number of anilines is 2. The molecule has 1 amide bonds. The van der Waals surface area contributed by atoms with Gasteiger partial charge in [-0.05, 0) is 29.8 Å². The zero-order valence-electron chi connectivity index (χ0n) is 10.9. The van der Waals surface area contributed by atoms with Crippen molar-refractivity contribution in [2.75, 3.05) is 10.6 Å². The Morgan fingerprint density at radius 2 is 1.85 bits per heavy atom. The van der Waals surface area contributed by atoms with Crippen LogP contribution in [0.2, 0.25) is 10.0 Å². The van der Waals surface area contributed by atoms with E-state index in [1.807, 2.05) is 30.3 Å². The minimum Gasteiger partial charge on any atom is -0.380 e. The van der Waals surface area contributed by atoms with Gasteiger partial charge in [-0.1, -0.05) is 41.4 Å². The summed E-state index contributed by atoms with van der Waals surface area (Å²) in [6, 6.07) is 12.9. The Morgan fingerprint density at radius 1 is 1.10 bits per heavy atom. The second kappa shape index (κ2) is 6.64. The third kappa shape index (κ3) is 3.89. The van der Waals surface area contributed by atoms with E-state index in [1.165, 1.54) is 6.92 Å². The van der Waals surface area contributed by atoms with E-state index in [0.717, 1.165) is 16.9 Å². The number of halogens is 2. The molecule has 20 heavy (non-hydrogen) atoms. The summed E-state index contributed by atoms with van der Waals surface area (Å²) < 4.78 is 0. The van der Waals surface area contributed by atoms with Crippen LogP contribution in [0.3, 0.4) is 0 Å². The van der Waals surface area contributed by atoms with Crippen LogP contribution in [0, 0.1) is 0 Å². The molecule has 0 saturated heterocycles. The van der Waals surface area contributed by atoms with Crippen LogP contribution in [0.25, 0.3) is 0 Å². The Morgan fingerprint density at radius 3 is 2.55 bits per heavy atom. The fraction of sp³-hybridized carbons (Fsp3) is 0.133. The lowest BCUT2D eigenvalue weighted by Crippen LogP contribution is -2.10. The summed E-state index contributed by atoms with van der Waals surface area (Å²) in [6.45, 7) is 2.04. The maximum atomic E-state index is 11.2. The van der Waals surface area contributed by atoms with Gasteiger partial charge < -0.3 is 10.6 Å². The fourth-order valence-corrected chi connectivity index (χ4v) is 2.28. The van der Waals surface area contributed by atoms with Crippen molar-refractivity contribution in [2.45, 2.75) is 13.5 Å². The number of amides is 1. The Hall–Kier alpha value is -1.71. The molecule has 0 aromatic heterocycles. The number of nitrogens with one attached hydrogen (secondary N) is 2. The SMILES string of the molecule is CC(=O)Nc1ccccc1CNc1ccc(Cl)cc1Cl. The molecule has 0 fully saturated rings. The van der Waals surface area contributed by atoms with Crippen molar-refractivity contribution in [2.24, 2.45) is 0 Å². The predicted octanol–water partition coefficient (Wildman–Crippen LogP) is 4.56. The number of para-hydroxylation sites is 1. The maximum Gasteiger partial charge on any atom is 0.221 e. The molecule has 0 spiro atoms.